The van der Waals surface area contributed by atoms with Crippen LogP contribution in [0.25, 0.3) is 0 Å². The summed E-state index contributed by atoms with van der Waals surface area (Å²) in [5, 5.41) is 4.91. The van der Waals surface area contributed by atoms with Crippen molar-refractivity contribution in [1.82, 2.24) is 15.3 Å². The first kappa shape index (κ1) is 14.7. The third kappa shape index (κ3) is 2.87. The number of hydrogen-bond donors (Lipinski definition) is 1. The van der Waals surface area contributed by atoms with Crippen molar-refractivity contribution >= 4 is 11.3 Å². The first-order chi connectivity index (χ1) is 10.2. The van der Waals surface area contributed by atoms with Crippen LogP contribution in [0.1, 0.15) is 58.6 Å². The van der Waals surface area contributed by atoms with Crippen LogP contribution in [0.3, 0.4) is 0 Å². The van der Waals surface area contributed by atoms with Gasteiger partial charge in [0.25, 0.3) is 0 Å². The van der Waals surface area contributed by atoms with Crippen molar-refractivity contribution in [2.75, 3.05) is 6.54 Å². The van der Waals surface area contributed by atoms with Gasteiger partial charge in [-0.2, -0.15) is 0 Å². The lowest BCUT2D eigenvalue weighted by atomic mass is 9.94. The van der Waals surface area contributed by atoms with E-state index in [0.717, 1.165) is 24.4 Å². The van der Waals surface area contributed by atoms with Crippen LogP contribution in [0, 0.1) is 13.8 Å². The Bertz CT molecular complexity index is 620. The second-order valence-electron chi connectivity index (χ2n) is 5.81. The number of fused-ring (bicyclic) bond motifs is 1. The molecule has 0 aromatic carbocycles. The number of nitrogens with zero attached hydrogens (tertiary/aromatic N) is 2. The standard InChI is InChI=1S/C17H23N3S/c1-4-9-18-16(17-11(2)20-12(3)21-17)14-8-7-13-6-5-10-19-15(13)14/h5-6,10,14,16,18H,4,7-9H2,1-3H3. The Morgan fingerprint density at radius 2 is 2.29 bits per heavy atom. The molecule has 3 rings (SSSR count). The number of thiazole rings is 1. The van der Waals surface area contributed by atoms with E-state index in [0.29, 0.717) is 12.0 Å². The van der Waals surface area contributed by atoms with Crippen LogP contribution in [-0.2, 0) is 6.42 Å². The molecular formula is C17H23N3S. The molecule has 0 aliphatic heterocycles. The minimum absolute atomic E-state index is 0.354. The van der Waals surface area contributed by atoms with Gasteiger partial charge in [0.2, 0.25) is 0 Å². The monoisotopic (exact) mass is 301 g/mol. The summed E-state index contributed by atoms with van der Waals surface area (Å²) in [6.45, 7) is 7.49. The van der Waals surface area contributed by atoms with Gasteiger partial charge in [-0.3, -0.25) is 4.98 Å². The zero-order valence-electron chi connectivity index (χ0n) is 13.0. The fraction of sp³-hybridized carbons (Fsp3) is 0.529. The molecular weight excluding hydrogens is 278 g/mol. The molecule has 2 heterocycles. The van der Waals surface area contributed by atoms with E-state index < -0.39 is 0 Å². The number of aromatic nitrogens is 2. The molecule has 21 heavy (non-hydrogen) atoms. The maximum Gasteiger partial charge on any atom is 0.0900 e. The second kappa shape index (κ2) is 6.24. The van der Waals surface area contributed by atoms with Gasteiger partial charge >= 0.3 is 0 Å². The average Bonchev–Trinajstić information content (AvgIpc) is 3.04. The normalized spacial score (nSPS) is 18.7. The number of aryl methyl sites for hydroxylation is 3. The Morgan fingerprint density at radius 3 is 3.00 bits per heavy atom. The van der Waals surface area contributed by atoms with Gasteiger partial charge in [-0.1, -0.05) is 13.0 Å². The number of hydrogen-bond acceptors (Lipinski definition) is 4. The highest BCUT2D eigenvalue weighted by Crippen LogP contribution is 2.42. The van der Waals surface area contributed by atoms with Crippen LogP contribution in [-0.4, -0.2) is 16.5 Å². The van der Waals surface area contributed by atoms with Crippen LogP contribution >= 0.6 is 11.3 Å². The highest BCUT2D eigenvalue weighted by atomic mass is 32.1. The molecule has 0 spiro atoms. The maximum absolute atomic E-state index is 4.68. The second-order valence-corrected chi connectivity index (χ2v) is 7.04. The summed E-state index contributed by atoms with van der Waals surface area (Å²) in [6.07, 6.45) is 5.41. The largest absolute Gasteiger partial charge is 0.309 e. The van der Waals surface area contributed by atoms with E-state index in [-0.39, 0.29) is 0 Å². The number of pyridine rings is 1. The Hall–Kier alpha value is -1.26. The van der Waals surface area contributed by atoms with Crippen molar-refractivity contribution in [1.29, 1.82) is 0 Å². The lowest BCUT2D eigenvalue weighted by molar-refractivity contribution is 0.441. The van der Waals surface area contributed by atoms with Gasteiger partial charge in [0.1, 0.15) is 0 Å². The Labute approximate surface area is 130 Å². The van der Waals surface area contributed by atoms with Gasteiger partial charge in [-0.05, 0) is 51.3 Å². The molecule has 2 unspecified atom stereocenters. The lowest BCUT2D eigenvalue weighted by Gasteiger charge is -2.24. The molecule has 0 saturated carbocycles. The van der Waals surface area contributed by atoms with Gasteiger partial charge in [0, 0.05) is 22.7 Å². The molecule has 1 aliphatic rings. The molecule has 1 aliphatic carbocycles. The summed E-state index contributed by atoms with van der Waals surface area (Å²) in [5.74, 6) is 0.478. The summed E-state index contributed by atoms with van der Waals surface area (Å²) in [4.78, 5) is 10.7. The Balaban J connectivity index is 1.95. The average molecular weight is 301 g/mol. The summed E-state index contributed by atoms with van der Waals surface area (Å²) in [6, 6.07) is 4.63. The molecule has 0 saturated heterocycles. The zero-order valence-corrected chi connectivity index (χ0v) is 13.8. The minimum Gasteiger partial charge on any atom is -0.309 e. The first-order valence-corrected chi connectivity index (χ1v) is 8.63. The van der Waals surface area contributed by atoms with Crippen LogP contribution in [0.15, 0.2) is 18.3 Å². The van der Waals surface area contributed by atoms with Crippen molar-refractivity contribution < 1.29 is 0 Å². The summed E-state index contributed by atoms with van der Waals surface area (Å²) < 4.78 is 0. The topological polar surface area (TPSA) is 37.8 Å². The number of nitrogens with one attached hydrogen (secondary N) is 1. The maximum atomic E-state index is 4.68. The highest BCUT2D eigenvalue weighted by Gasteiger charge is 2.33. The van der Waals surface area contributed by atoms with E-state index in [1.165, 1.54) is 28.2 Å². The van der Waals surface area contributed by atoms with E-state index in [2.05, 4.69) is 48.2 Å². The van der Waals surface area contributed by atoms with Gasteiger partial charge in [0.05, 0.1) is 16.7 Å². The van der Waals surface area contributed by atoms with Crippen LogP contribution in [0.4, 0.5) is 0 Å². The predicted octanol–water partition coefficient (Wildman–Crippen LogP) is 3.93. The minimum atomic E-state index is 0.354. The van der Waals surface area contributed by atoms with E-state index >= 15 is 0 Å². The molecule has 2 aromatic heterocycles. The first-order valence-electron chi connectivity index (χ1n) is 7.81. The van der Waals surface area contributed by atoms with Crippen molar-refractivity contribution in [2.45, 2.75) is 52.0 Å². The fourth-order valence-electron chi connectivity index (χ4n) is 3.32. The fourth-order valence-corrected chi connectivity index (χ4v) is 4.39. The van der Waals surface area contributed by atoms with Gasteiger partial charge < -0.3 is 5.32 Å². The van der Waals surface area contributed by atoms with Crippen molar-refractivity contribution in [3.63, 3.8) is 0 Å². The van der Waals surface area contributed by atoms with E-state index in [1.54, 1.807) is 0 Å². The van der Waals surface area contributed by atoms with Crippen molar-refractivity contribution in [2.24, 2.45) is 0 Å². The molecule has 0 bridgehead atoms. The summed E-state index contributed by atoms with van der Waals surface area (Å²) in [5.41, 5.74) is 3.89. The zero-order chi connectivity index (χ0) is 14.8. The van der Waals surface area contributed by atoms with Gasteiger partial charge in [-0.15, -0.1) is 11.3 Å². The molecule has 2 aromatic rings. The van der Waals surface area contributed by atoms with E-state index in [9.17, 15) is 0 Å². The lowest BCUT2D eigenvalue weighted by Crippen LogP contribution is -2.27. The summed E-state index contributed by atoms with van der Waals surface area (Å²) >= 11 is 1.83. The third-order valence-electron chi connectivity index (χ3n) is 4.24. The van der Waals surface area contributed by atoms with Gasteiger partial charge in [-0.25, -0.2) is 4.98 Å². The number of rotatable bonds is 5. The highest BCUT2D eigenvalue weighted by molar-refractivity contribution is 7.11. The van der Waals surface area contributed by atoms with Crippen LogP contribution in [0.5, 0.6) is 0 Å². The molecule has 0 fully saturated rings. The molecule has 0 amide bonds. The molecule has 0 radical (unpaired) electrons. The third-order valence-corrected chi connectivity index (χ3v) is 5.40. The molecule has 3 nitrogen and oxygen atoms in total. The molecule has 112 valence electrons. The molecule has 4 heteroatoms. The predicted molar refractivity (Wildman–Crippen MR) is 87.9 cm³/mol. The van der Waals surface area contributed by atoms with Crippen molar-refractivity contribution in [3.05, 3.63) is 45.2 Å². The van der Waals surface area contributed by atoms with E-state index in [4.69, 9.17) is 0 Å². The molecule has 2 atom stereocenters. The quantitative estimate of drug-likeness (QED) is 0.909. The Morgan fingerprint density at radius 1 is 1.43 bits per heavy atom. The summed E-state index contributed by atoms with van der Waals surface area (Å²) in [7, 11) is 0. The van der Waals surface area contributed by atoms with Gasteiger partial charge in [0.15, 0.2) is 0 Å². The smallest absolute Gasteiger partial charge is 0.0900 e. The van der Waals surface area contributed by atoms with E-state index in [1.807, 2.05) is 17.5 Å². The van der Waals surface area contributed by atoms with Crippen LogP contribution in [0.2, 0.25) is 0 Å². The SMILES string of the molecule is CCCNC(c1sc(C)nc1C)C1CCc2cccnc21. The molecule has 1 N–H and O–H groups in total. The van der Waals surface area contributed by atoms with Crippen LogP contribution < -0.4 is 5.32 Å². The van der Waals surface area contributed by atoms with Crippen molar-refractivity contribution in [3.8, 4) is 0 Å². The Kier molecular flexibility index (Phi) is 4.36.